The number of ether oxygens (including phenoxy) is 1. The Kier molecular flexibility index (Phi) is 6.16. The van der Waals surface area contributed by atoms with Crippen LogP contribution in [0.5, 0.6) is 0 Å². The van der Waals surface area contributed by atoms with Gasteiger partial charge >= 0.3 is 0 Å². The third kappa shape index (κ3) is 3.67. The molecule has 1 aliphatic carbocycles. The molecule has 0 radical (unpaired) electrons. The SMILES string of the molecule is CNC(c1cc(Cl)ccc1Cl)C(OC)C1CCCCC1. The molecule has 0 spiro atoms. The lowest BCUT2D eigenvalue weighted by Crippen LogP contribution is -2.37. The van der Waals surface area contributed by atoms with Gasteiger partial charge in [-0.1, -0.05) is 42.5 Å². The first kappa shape index (κ1) is 16.1. The number of benzene rings is 1. The topological polar surface area (TPSA) is 21.3 Å². The number of hydrogen-bond acceptors (Lipinski definition) is 2. The standard InChI is InChI=1S/C16H23Cl2NO/c1-19-15(13-10-12(17)8-9-14(13)18)16(20-2)11-6-4-3-5-7-11/h8-11,15-16,19H,3-7H2,1-2H3. The van der Waals surface area contributed by atoms with Crippen molar-refractivity contribution in [3.8, 4) is 0 Å². The van der Waals surface area contributed by atoms with Crippen LogP contribution < -0.4 is 5.32 Å². The molecule has 2 atom stereocenters. The van der Waals surface area contributed by atoms with E-state index < -0.39 is 0 Å². The fourth-order valence-electron chi connectivity index (χ4n) is 3.31. The molecule has 0 heterocycles. The van der Waals surface area contributed by atoms with E-state index in [4.69, 9.17) is 27.9 Å². The highest BCUT2D eigenvalue weighted by Crippen LogP contribution is 2.36. The van der Waals surface area contributed by atoms with Crippen LogP contribution in [0.1, 0.15) is 43.7 Å². The van der Waals surface area contributed by atoms with Crippen LogP contribution in [0.4, 0.5) is 0 Å². The van der Waals surface area contributed by atoms with E-state index in [1.165, 1.54) is 32.1 Å². The highest BCUT2D eigenvalue weighted by molar-refractivity contribution is 6.33. The molecule has 2 nitrogen and oxygen atoms in total. The highest BCUT2D eigenvalue weighted by atomic mass is 35.5. The number of rotatable bonds is 5. The van der Waals surface area contributed by atoms with Gasteiger partial charge in [-0.25, -0.2) is 0 Å². The maximum absolute atomic E-state index is 6.36. The second kappa shape index (κ2) is 7.65. The van der Waals surface area contributed by atoms with Gasteiger partial charge in [-0.3, -0.25) is 0 Å². The molecule has 0 amide bonds. The lowest BCUT2D eigenvalue weighted by atomic mass is 9.81. The summed E-state index contributed by atoms with van der Waals surface area (Å²) in [6.07, 6.45) is 6.53. The Morgan fingerprint density at radius 3 is 2.50 bits per heavy atom. The van der Waals surface area contributed by atoms with E-state index in [9.17, 15) is 0 Å². The summed E-state index contributed by atoms with van der Waals surface area (Å²) >= 11 is 12.5. The van der Waals surface area contributed by atoms with Crippen molar-refractivity contribution in [1.82, 2.24) is 5.32 Å². The molecule has 112 valence electrons. The highest BCUT2D eigenvalue weighted by Gasteiger charge is 2.31. The minimum atomic E-state index is 0.0781. The zero-order chi connectivity index (χ0) is 14.5. The summed E-state index contributed by atoms with van der Waals surface area (Å²) in [7, 11) is 3.75. The van der Waals surface area contributed by atoms with E-state index in [2.05, 4.69) is 5.32 Å². The van der Waals surface area contributed by atoms with Gasteiger partial charge in [0.25, 0.3) is 0 Å². The quantitative estimate of drug-likeness (QED) is 0.838. The van der Waals surface area contributed by atoms with Crippen molar-refractivity contribution in [1.29, 1.82) is 0 Å². The second-order valence-electron chi connectivity index (χ2n) is 5.53. The molecular weight excluding hydrogens is 293 g/mol. The van der Waals surface area contributed by atoms with Crippen molar-refractivity contribution in [3.05, 3.63) is 33.8 Å². The first-order valence-corrected chi connectivity index (χ1v) is 8.08. The lowest BCUT2D eigenvalue weighted by Gasteiger charge is -2.35. The second-order valence-corrected chi connectivity index (χ2v) is 6.37. The van der Waals surface area contributed by atoms with Gasteiger partial charge in [0.1, 0.15) is 0 Å². The largest absolute Gasteiger partial charge is 0.379 e. The first-order valence-electron chi connectivity index (χ1n) is 7.32. The third-order valence-corrected chi connectivity index (χ3v) is 4.90. The third-order valence-electron chi connectivity index (χ3n) is 4.32. The normalized spacial score (nSPS) is 19.8. The van der Waals surface area contributed by atoms with Crippen LogP contribution in [-0.2, 0) is 4.74 Å². The minimum absolute atomic E-state index is 0.0781. The molecule has 1 saturated carbocycles. The van der Waals surface area contributed by atoms with Crippen molar-refractivity contribution in [2.45, 2.75) is 44.2 Å². The van der Waals surface area contributed by atoms with Crippen molar-refractivity contribution in [2.75, 3.05) is 14.2 Å². The van der Waals surface area contributed by atoms with Gasteiger partial charge in [0.05, 0.1) is 12.1 Å². The fraction of sp³-hybridized carbons (Fsp3) is 0.625. The molecule has 0 bridgehead atoms. The molecule has 1 fully saturated rings. The molecule has 0 aliphatic heterocycles. The molecule has 1 aromatic rings. The lowest BCUT2D eigenvalue weighted by molar-refractivity contribution is 0.00944. The van der Waals surface area contributed by atoms with Gasteiger partial charge in [-0.15, -0.1) is 0 Å². The Bertz CT molecular complexity index is 432. The Balaban J connectivity index is 2.26. The van der Waals surface area contributed by atoms with Crippen molar-refractivity contribution < 1.29 is 4.74 Å². The van der Waals surface area contributed by atoms with E-state index >= 15 is 0 Å². The van der Waals surface area contributed by atoms with E-state index in [0.29, 0.717) is 10.9 Å². The van der Waals surface area contributed by atoms with Crippen molar-refractivity contribution in [3.63, 3.8) is 0 Å². The summed E-state index contributed by atoms with van der Waals surface area (Å²) in [5.41, 5.74) is 1.03. The summed E-state index contributed by atoms with van der Waals surface area (Å²) in [6.45, 7) is 0. The monoisotopic (exact) mass is 315 g/mol. The predicted octanol–water partition coefficient (Wildman–Crippen LogP) is 4.85. The molecule has 0 saturated heterocycles. The van der Waals surface area contributed by atoms with Gasteiger partial charge in [0.2, 0.25) is 0 Å². The summed E-state index contributed by atoms with van der Waals surface area (Å²) < 4.78 is 5.83. The molecule has 4 heteroatoms. The molecule has 2 unspecified atom stereocenters. The molecule has 0 aromatic heterocycles. The maximum Gasteiger partial charge on any atom is 0.0794 e. The van der Waals surface area contributed by atoms with Crippen LogP contribution in [0.2, 0.25) is 10.0 Å². The summed E-state index contributed by atoms with van der Waals surface area (Å²) in [4.78, 5) is 0. The van der Waals surface area contributed by atoms with Crippen LogP contribution in [0.3, 0.4) is 0 Å². The Labute approximate surface area is 131 Å². The van der Waals surface area contributed by atoms with Crippen LogP contribution >= 0.6 is 23.2 Å². The summed E-state index contributed by atoms with van der Waals surface area (Å²) in [5, 5.41) is 4.82. The van der Waals surface area contributed by atoms with E-state index in [1.807, 2.05) is 25.2 Å². The predicted molar refractivity (Wildman–Crippen MR) is 85.6 cm³/mol. The number of methoxy groups -OCH3 is 1. The van der Waals surface area contributed by atoms with Gasteiger partial charge in [-0.05, 0) is 49.6 Å². The summed E-state index contributed by atoms with van der Waals surface area (Å²) in [6, 6.07) is 5.70. The average molecular weight is 316 g/mol. The molecule has 1 aliphatic rings. The molecule has 2 rings (SSSR count). The van der Waals surface area contributed by atoms with E-state index in [0.717, 1.165) is 10.6 Å². The number of halogens is 2. The first-order chi connectivity index (χ1) is 9.67. The Hall–Kier alpha value is -0.280. The van der Waals surface area contributed by atoms with Crippen molar-refractivity contribution in [2.24, 2.45) is 5.92 Å². The smallest absolute Gasteiger partial charge is 0.0794 e. The molecular formula is C16H23Cl2NO. The van der Waals surface area contributed by atoms with Crippen LogP contribution in [0.25, 0.3) is 0 Å². The minimum Gasteiger partial charge on any atom is -0.379 e. The van der Waals surface area contributed by atoms with Gasteiger partial charge in [0, 0.05) is 17.2 Å². The van der Waals surface area contributed by atoms with Crippen LogP contribution in [0, 0.1) is 5.92 Å². The van der Waals surface area contributed by atoms with Gasteiger partial charge in [0.15, 0.2) is 0 Å². The van der Waals surface area contributed by atoms with Crippen molar-refractivity contribution >= 4 is 23.2 Å². The maximum atomic E-state index is 6.36. The van der Waals surface area contributed by atoms with E-state index in [1.54, 1.807) is 7.11 Å². The molecule has 20 heavy (non-hydrogen) atoms. The van der Waals surface area contributed by atoms with Gasteiger partial charge in [-0.2, -0.15) is 0 Å². The zero-order valence-electron chi connectivity index (χ0n) is 12.2. The molecule has 1 N–H and O–H groups in total. The van der Waals surface area contributed by atoms with Crippen LogP contribution in [-0.4, -0.2) is 20.3 Å². The summed E-state index contributed by atoms with van der Waals surface area (Å²) in [5.74, 6) is 0.584. The zero-order valence-corrected chi connectivity index (χ0v) is 13.7. The Morgan fingerprint density at radius 1 is 1.20 bits per heavy atom. The van der Waals surface area contributed by atoms with Gasteiger partial charge < -0.3 is 10.1 Å². The number of hydrogen-bond donors (Lipinski definition) is 1. The molecule has 1 aromatic carbocycles. The fourth-order valence-corrected chi connectivity index (χ4v) is 3.73. The number of nitrogens with one attached hydrogen (secondary N) is 1. The Morgan fingerprint density at radius 2 is 1.90 bits per heavy atom. The number of likely N-dealkylation sites (N-methyl/N-ethyl adjacent to an activating group) is 1. The van der Waals surface area contributed by atoms with Crippen LogP contribution in [0.15, 0.2) is 18.2 Å². The van der Waals surface area contributed by atoms with E-state index in [-0.39, 0.29) is 12.1 Å². The average Bonchev–Trinajstić information content (AvgIpc) is 2.48.